The molecule has 1 aromatic carbocycles. The highest BCUT2D eigenvalue weighted by atomic mass is 19.1. The highest BCUT2D eigenvalue weighted by Gasteiger charge is 2.21. The van der Waals surface area contributed by atoms with Crippen LogP contribution in [0, 0.1) is 5.82 Å². The van der Waals surface area contributed by atoms with Gasteiger partial charge < -0.3 is 20.6 Å². The molecule has 1 heterocycles. The molecule has 0 atom stereocenters. The van der Waals surface area contributed by atoms with Gasteiger partial charge in [-0.05, 0) is 24.6 Å². The predicted molar refractivity (Wildman–Crippen MR) is 71.6 cm³/mol. The van der Waals surface area contributed by atoms with Gasteiger partial charge in [0.1, 0.15) is 12.4 Å². The molecule has 0 saturated carbocycles. The third-order valence-electron chi connectivity index (χ3n) is 3.00. The van der Waals surface area contributed by atoms with Crippen LogP contribution in [0.4, 0.5) is 14.9 Å². The van der Waals surface area contributed by atoms with Crippen molar-refractivity contribution in [2.45, 2.75) is 6.42 Å². The van der Waals surface area contributed by atoms with E-state index in [1.807, 2.05) is 0 Å². The summed E-state index contributed by atoms with van der Waals surface area (Å²) in [6.07, 6.45) is 0.594. The molecule has 0 radical (unpaired) electrons. The van der Waals surface area contributed by atoms with Crippen molar-refractivity contribution < 1.29 is 23.9 Å². The van der Waals surface area contributed by atoms with Gasteiger partial charge in [0.05, 0.1) is 11.3 Å². The number of hydrogen-bond acceptors (Lipinski definition) is 3. The number of carboxylic acids is 1. The Labute approximate surface area is 119 Å². The molecule has 3 amide bonds. The first-order valence-corrected chi connectivity index (χ1v) is 6.33. The first-order valence-electron chi connectivity index (χ1n) is 6.33. The molecular formula is C13H14FN3O4. The van der Waals surface area contributed by atoms with Crippen LogP contribution in [-0.4, -0.2) is 47.5 Å². The first kappa shape index (κ1) is 14.8. The molecule has 0 unspecified atom stereocenters. The molecule has 1 aliphatic rings. The standard InChI is InChI=1S/C13H14FN3O4/c14-9-3-2-8(12(19)20)6-10(9)16-13(21)17-5-1-4-15-11(18)7-17/h2-3,6H,1,4-5,7H2,(H,15,18)(H,16,21)(H,19,20). The number of anilines is 1. The Balaban J connectivity index is 2.13. The van der Waals surface area contributed by atoms with Crippen LogP contribution in [-0.2, 0) is 4.79 Å². The van der Waals surface area contributed by atoms with E-state index in [0.717, 1.165) is 18.2 Å². The van der Waals surface area contributed by atoms with Crippen LogP contribution in [0.25, 0.3) is 0 Å². The summed E-state index contributed by atoms with van der Waals surface area (Å²) in [5.41, 5.74) is -0.370. The molecule has 0 aromatic heterocycles. The Bertz CT molecular complexity index is 591. The lowest BCUT2D eigenvalue weighted by atomic mass is 10.2. The second-order valence-corrected chi connectivity index (χ2v) is 4.55. The van der Waals surface area contributed by atoms with Gasteiger partial charge in [0.25, 0.3) is 0 Å². The van der Waals surface area contributed by atoms with Gasteiger partial charge in [-0.25, -0.2) is 14.0 Å². The summed E-state index contributed by atoms with van der Waals surface area (Å²) in [4.78, 5) is 35.5. The number of amides is 3. The highest BCUT2D eigenvalue weighted by Crippen LogP contribution is 2.17. The van der Waals surface area contributed by atoms with Gasteiger partial charge in [-0.15, -0.1) is 0 Å². The van der Waals surface area contributed by atoms with Crippen molar-refractivity contribution in [3.05, 3.63) is 29.6 Å². The van der Waals surface area contributed by atoms with Crippen molar-refractivity contribution in [1.82, 2.24) is 10.2 Å². The largest absolute Gasteiger partial charge is 0.478 e. The fraction of sp³-hybridized carbons (Fsp3) is 0.308. The Kier molecular flexibility index (Phi) is 4.36. The maximum atomic E-state index is 13.6. The Morgan fingerprint density at radius 1 is 1.38 bits per heavy atom. The van der Waals surface area contributed by atoms with Crippen LogP contribution < -0.4 is 10.6 Å². The Morgan fingerprint density at radius 3 is 2.86 bits per heavy atom. The minimum absolute atomic E-state index is 0.119. The molecular weight excluding hydrogens is 281 g/mol. The Morgan fingerprint density at radius 2 is 2.14 bits per heavy atom. The summed E-state index contributed by atoms with van der Waals surface area (Å²) in [7, 11) is 0. The zero-order chi connectivity index (χ0) is 15.4. The number of rotatable bonds is 2. The van der Waals surface area contributed by atoms with E-state index in [1.165, 1.54) is 4.90 Å². The molecule has 112 valence electrons. The number of nitrogens with one attached hydrogen (secondary N) is 2. The molecule has 0 bridgehead atoms. The van der Waals surface area contributed by atoms with Gasteiger partial charge in [-0.1, -0.05) is 0 Å². The van der Waals surface area contributed by atoms with E-state index in [2.05, 4.69) is 10.6 Å². The molecule has 3 N–H and O–H groups in total. The number of aromatic carboxylic acids is 1. The molecule has 7 nitrogen and oxygen atoms in total. The van der Waals surface area contributed by atoms with Crippen LogP contribution >= 0.6 is 0 Å². The number of carbonyl (C=O) groups is 3. The molecule has 1 fully saturated rings. The van der Waals surface area contributed by atoms with Crippen molar-refractivity contribution >= 4 is 23.6 Å². The lowest BCUT2D eigenvalue weighted by Crippen LogP contribution is -2.40. The molecule has 21 heavy (non-hydrogen) atoms. The average molecular weight is 295 g/mol. The summed E-state index contributed by atoms with van der Waals surface area (Å²) in [6.45, 7) is 0.711. The number of carboxylic acid groups (broad SMARTS) is 1. The minimum Gasteiger partial charge on any atom is -0.478 e. The van der Waals surface area contributed by atoms with Crippen molar-refractivity contribution in [3.8, 4) is 0 Å². The van der Waals surface area contributed by atoms with Crippen LogP contribution in [0.15, 0.2) is 18.2 Å². The number of hydrogen-bond donors (Lipinski definition) is 3. The van der Waals surface area contributed by atoms with Crippen molar-refractivity contribution in [1.29, 1.82) is 0 Å². The maximum absolute atomic E-state index is 13.6. The second-order valence-electron chi connectivity index (χ2n) is 4.55. The lowest BCUT2D eigenvalue weighted by Gasteiger charge is -2.19. The zero-order valence-corrected chi connectivity index (χ0v) is 11.1. The molecule has 0 spiro atoms. The fourth-order valence-electron chi connectivity index (χ4n) is 1.93. The molecule has 2 rings (SSSR count). The fourth-order valence-corrected chi connectivity index (χ4v) is 1.93. The van der Waals surface area contributed by atoms with E-state index in [1.54, 1.807) is 0 Å². The lowest BCUT2D eigenvalue weighted by molar-refractivity contribution is -0.120. The summed E-state index contributed by atoms with van der Waals surface area (Å²) in [5.74, 6) is -2.25. The average Bonchev–Trinajstić information content (AvgIpc) is 2.65. The van der Waals surface area contributed by atoms with Crippen molar-refractivity contribution in [2.24, 2.45) is 0 Å². The van der Waals surface area contributed by atoms with Gasteiger partial charge in [0.15, 0.2) is 0 Å². The van der Waals surface area contributed by atoms with Gasteiger partial charge in [0, 0.05) is 13.1 Å². The number of urea groups is 1. The van der Waals surface area contributed by atoms with E-state index < -0.39 is 17.8 Å². The zero-order valence-electron chi connectivity index (χ0n) is 11.1. The van der Waals surface area contributed by atoms with E-state index in [-0.39, 0.29) is 23.7 Å². The predicted octanol–water partition coefficient (Wildman–Crippen LogP) is 0.878. The van der Waals surface area contributed by atoms with Crippen molar-refractivity contribution in [3.63, 3.8) is 0 Å². The van der Waals surface area contributed by atoms with Gasteiger partial charge in [-0.3, -0.25) is 4.79 Å². The molecule has 0 aliphatic carbocycles. The van der Waals surface area contributed by atoms with Crippen LogP contribution in [0.5, 0.6) is 0 Å². The van der Waals surface area contributed by atoms with Gasteiger partial charge >= 0.3 is 12.0 Å². The van der Waals surface area contributed by atoms with Crippen LogP contribution in [0.3, 0.4) is 0 Å². The smallest absolute Gasteiger partial charge is 0.335 e. The third-order valence-corrected chi connectivity index (χ3v) is 3.00. The quantitative estimate of drug-likeness (QED) is 0.754. The van der Waals surface area contributed by atoms with Gasteiger partial charge in [0.2, 0.25) is 5.91 Å². The molecule has 1 saturated heterocycles. The summed E-state index contributed by atoms with van der Waals surface area (Å²) in [5, 5.41) is 13.8. The number of nitrogens with zero attached hydrogens (tertiary/aromatic N) is 1. The normalized spacial score (nSPS) is 15.1. The number of halogens is 1. The second kappa shape index (κ2) is 6.21. The molecule has 1 aliphatic heterocycles. The monoisotopic (exact) mass is 295 g/mol. The van der Waals surface area contributed by atoms with Crippen molar-refractivity contribution in [2.75, 3.05) is 25.0 Å². The first-order chi connectivity index (χ1) is 9.97. The molecule has 1 aromatic rings. The van der Waals surface area contributed by atoms with E-state index in [4.69, 9.17) is 5.11 Å². The van der Waals surface area contributed by atoms with E-state index in [0.29, 0.717) is 19.5 Å². The van der Waals surface area contributed by atoms with E-state index >= 15 is 0 Å². The Hall–Kier alpha value is -2.64. The minimum atomic E-state index is -1.22. The number of carbonyl (C=O) groups excluding carboxylic acids is 2. The summed E-state index contributed by atoms with van der Waals surface area (Å²) >= 11 is 0. The SMILES string of the molecule is O=C1CN(C(=O)Nc2cc(C(=O)O)ccc2F)CCCN1. The summed E-state index contributed by atoms with van der Waals surface area (Å²) in [6, 6.07) is 2.46. The molecule has 8 heteroatoms. The maximum Gasteiger partial charge on any atom is 0.335 e. The number of benzene rings is 1. The van der Waals surface area contributed by atoms with Crippen LogP contribution in [0.2, 0.25) is 0 Å². The topological polar surface area (TPSA) is 98.7 Å². The summed E-state index contributed by atoms with van der Waals surface area (Å²) < 4.78 is 13.6. The third kappa shape index (κ3) is 3.68. The van der Waals surface area contributed by atoms with Gasteiger partial charge in [-0.2, -0.15) is 0 Å². The van der Waals surface area contributed by atoms with Crippen LogP contribution in [0.1, 0.15) is 16.8 Å². The van der Waals surface area contributed by atoms with E-state index in [9.17, 15) is 18.8 Å². The highest BCUT2D eigenvalue weighted by molar-refractivity contribution is 5.95.